The molecule has 21 heavy (non-hydrogen) atoms. The minimum atomic E-state index is 0.430. The highest BCUT2D eigenvalue weighted by Gasteiger charge is 2.17. The number of aromatic nitrogens is 3. The number of anilines is 1. The van der Waals surface area contributed by atoms with Gasteiger partial charge in [0.2, 0.25) is 0 Å². The maximum Gasteiger partial charge on any atom is 0.152 e. The minimum absolute atomic E-state index is 0.430. The summed E-state index contributed by atoms with van der Waals surface area (Å²) in [5.74, 6) is 1.36. The molecule has 3 heterocycles. The molecule has 0 spiro atoms. The fraction of sp³-hybridized carbons (Fsp3) is 0.250. The zero-order valence-corrected chi connectivity index (χ0v) is 12.7. The van der Waals surface area contributed by atoms with Gasteiger partial charge in [0.15, 0.2) is 5.82 Å². The Morgan fingerprint density at radius 1 is 1.19 bits per heavy atom. The molecular formula is C16H17ClN4. The highest BCUT2D eigenvalue weighted by Crippen LogP contribution is 2.24. The average molecular weight is 301 g/mol. The van der Waals surface area contributed by atoms with E-state index in [9.17, 15) is 0 Å². The van der Waals surface area contributed by atoms with Crippen LogP contribution in [0.25, 0.3) is 5.65 Å². The van der Waals surface area contributed by atoms with Crippen molar-refractivity contribution in [3.8, 4) is 0 Å². The fourth-order valence-electron chi connectivity index (χ4n) is 2.44. The van der Waals surface area contributed by atoms with Crippen LogP contribution in [0.5, 0.6) is 0 Å². The number of pyridine rings is 2. The number of fused-ring (bicyclic) bond motifs is 1. The van der Waals surface area contributed by atoms with Crippen LogP contribution >= 0.6 is 11.6 Å². The van der Waals surface area contributed by atoms with Gasteiger partial charge in [0.05, 0.1) is 23.8 Å². The molecular weight excluding hydrogens is 284 g/mol. The van der Waals surface area contributed by atoms with Crippen molar-refractivity contribution in [2.24, 2.45) is 0 Å². The summed E-state index contributed by atoms with van der Waals surface area (Å²) >= 11 is 6.15. The SMILES string of the molecule is CCN(Cc1ccccn1)c1nc2ccccn2c1CCl. The zero-order valence-electron chi connectivity index (χ0n) is 11.9. The Morgan fingerprint density at radius 2 is 2.05 bits per heavy atom. The highest BCUT2D eigenvalue weighted by atomic mass is 35.5. The lowest BCUT2D eigenvalue weighted by Crippen LogP contribution is -2.24. The molecule has 0 saturated heterocycles. The Balaban J connectivity index is 2.00. The lowest BCUT2D eigenvalue weighted by molar-refractivity contribution is 0.792. The number of hydrogen-bond donors (Lipinski definition) is 0. The molecule has 0 N–H and O–H groups in total. The van der Waals surface area contributed by atoms with Crippen molar-refractivity contribution < 1.29 is 0 Å². The summed E-state index contributed by atoms with van der Waals surface area (Å²) in [6.07, 6.45) is 3.81. The van der Waals surface area contributed by atoms with Gasteiger partial charge in [-0.2, -0.15) is 0 Å². The van der Waals surface area contributed by atoms with Gasteiger partial charge >= 0.3 is 0 Å². The van der Waals surface area contributed by atoms with E-state index in [1.807, 2.05) is 53.2 Å². The zero-order chi connectivity index (χ0) is 14.7. The summed E-state index contributed by atoms with van der Waals surface area (Å²) < 4.78 is 2.05. The largest absolute Gasteiger partial charge is 0.349 e. The molecule has 0 bridgehead atoms. The van der Waals surface area contributed by atoms with Gasteiger partial charge in [-0.1, -0.05) is 12.1 Å². The van der Waals surface area contributed by atoms with Crippen LogP contribution in [-0.4, -0.2) is 20.9 Å². The molecule has 0 atom stereocenters. The van der Waals surface area contributed by atoms with E-state index < -0.39 is 0 Å². The first-order valence-electron chi connectivity index (χ1n) is 7.00. The predicted molar refractivity (Wildman–Crippen MR) is 85.7 cm³/mol. The molecule has 0 amide bonds. The van der Waals surface area contributed by atoms with Crippen LogP contribution in [-0.2, 0) is 12.4 Å². The van der Waals surface area contributed by atoms with E-state index in [0.29, 0.717) is 5.88 Å². The molecule has 3 aromatic heterocycles. The third-order valence-corrected chi connectivity index (χ3v) is 3.75. The number of nitrogens with zero attached hydrogens (tertiary/aromatic N) is 4. The molecule has 0 aliphatic heterocycles. The predicted octanol–water partition coefficient (Wildman–Crippen LogP) is 3.49. The molecule has 0 aromatic carbocycles. The Hall–Kier alpha value is -2.07. The van der Waals surface area contributed by atoms with Gasteiger partial charge in [-0.05, 0) is 31.2 Å². The maximum absolute atomic E-state index is 6.15. The van der Waals surface area contributed by atoms with Gasteiger partial charge in [0.1, 0.15) is 5.65 Å². The van der Waals surface area contributed by atoms with Crippen LogP contribution in [0.15, 0.2) is 48.8 Å². The summed E-state index contributed by atoms with van der Waals surface area (Å²) in [4.78, 5) is 11.3. The summed E-state index contributed by atoms with van der Waals surface area (Å²) in [6.45, 7) is 3.69. The Labute approximate surface area is 129 Å². The van der Waals surface area contributed by atoms with Gasteiger partial charge in [-0.3, -0.25) is 4.98 Å². The van der Waals surface area contributed by atoms with Crippen molar-refractivity contribution in [2.75, 3.05) is 11.4 Å². The average Bonchev–Trinajstić information content (AvgIpc) is 2.92. The number of hydrogen-bond acceptors (Lipinski definition) is 3. The van der Waals surface area contributed by atoms with Gasteiger partial charge in [0.25, 0.3) is 0 Å². The van der Waals surface area contributed by atoms with Crippen LogP contribution in [0.1, 0.15) is 18.3 Å². The van der Waals surface area contributed by atoms with Crippen molar-refractivity contribution in [2.45, 2.75) is 19.3 Å². The first kappa shape index (κ1) is 13.9. The molecule has 0 unspecified atom stereocenters. The number of halogens is 1. The van der Waals surface area contributed by atoms with E-state index in [4.69, 9.17) is 16.6 Å². The molecule has 5 heteroatoms. The van der Waals surface area contributed by atoms with Crippen molar-refractivity contribution in [1.82, 2.24) is 14.4 Å². The second-order valence-corrected chi connectivity index (χ2v) is 5.05. The van der Waals surface area contributed by atoms with Crippen LogP contribution in [0, 0.1) is 0 Å². The number of imidazole rings is 1. The first-order chi connectivity index (χ1) is 10.3. The maximum atomic E-state index is 6.15. The fourth-order valence-corrected chi connectivity index (χ4v) is 2.68. The van der Waals surface area contributed by atoms with E-state index >= 15 is 0 Å². The molecule has 3 rings (SSSR count). The van der Waals surface area contributed by atoms with Gasteiger partial charge in [-0.15, -0.1) is 11.6 Å². The highest BCUT2D eigenvalue weighted by molar-refractivity contribution is 6.17. The van der Waals surface area contributed by atoms with Gasteiger partial charge in [-0.25, -0.2) is 4.98 Å². The van der Waals surface area contributed by atoms with E-state index in [1.54, 1.807) is 0 Å². The van der Waals surface area contributed by atoms with E-state index in [1.165, 1.54) is 0 Å². The summed E-state index contributed by atoms with van der Waals surface area (Å²) in [5.41, 5.74) is 2.96. The van der Waals surface area contributed by atoms with Crippen molar-refractivity contribution >= 4 is 23.1 Å². The van der Waals surface area contributed by atoms with E-state index in [2.05, 4.69) is 16.8 Å². The Bertz CT molecular complexity index is 723. The first-order valence-corrected chi connectivity index (χ1v) is 7.53. The molecule has 0 radical (unpaired) electrons. The van der Waals surface area contributed by atoms with Crippen LogP contribution < -0.4 is 4.90 Å². The molecule has 4 nitrogen and oxygen atoms in total. The molecule has 0 aliphatic rings. The smallest absolute Gasteiger partial charge is 0.152 e. The summed E-state index contributed by atoms with van der Waals surface area (Å²) in [5, 5.41) is 0. The van der Waals surface area contributed by atoms with Crippen LogP contribution in [0.2, 0.25) is 0 Å². The van der Waals surface area contributed by atoms with E-state index in [0.717, 1.165) is 35.9 Å². The Morgan fingerprint density at radius 3 is 2.76 bits per heavy atom. The van der Waals surface area contributed by atoms with Crippen molar-refractivity contribution in [3.63, 3.8) is 0 Å². The monoisotopic (exact) mass is 300 g/mol. The minimum Gasteiger partial charge on any atom is -0.349 e. The lowest BCUT2D eigenvalue weighted by atomic mass is 10.3. The van der Waals surface area contributed by atoms with Gasteiger partial charge < -0.3 is 9.30 Å². The third kappa shape index (κ3) is 2.72. The Kier molecular flexibility index (Phi) is 4.06. The van der Waals surface area contributed by atoms with E-state index in [-0.39, 0.29) is 0 Å². The topological polar surface area (TPSA) is 33.4 Å². The lowest BCUT2D eigenvalue weighted by Gasteiger charge is -2.21. The molecule has 3 aromatic rings. The normalized spacial score (nSPS) is 11.0. The van der Waals surface area contributed by atoms with Crippen LogP contribution in [0.4, 0.5) is 5.82 Å². The standard InChI is InChI=1S/C16H17ClN4/c1-2-20(12-13-7-3-5-9-18-13)16-14(11-17)21-10-6-4-8-15(21)19-16/h3-10H,2,11-12H2,1H3. The number of alkyl halides is 1. The summed E-state index contributed by atoms with van der Waals surface area (Å²) in [7, 11) is 0. The molecule has 0 aliphatic carbocycles. The quantitative estimate of drug-likeness (QED) is 0.676. The van der Waals surface area contributed by atoms with Gasteiger partial charge in [0, 0.05) is 18.9 Å². The third-order valence-electron chi connectivity index (χ3n) is 3.49. The molecule has 0 fully saturated rings. The van der Waals surface area contributed by atoms with Crippen LogP contribution in [0.3, 0.4) is 0 Å². The molecule has 108 valence electrons. The number of rotatable bonds is 5. The second-order valence-electron chi connectivity index (χ2n) is 4.78. The van der Waals surface area contributed by atoms with Crippen molar-refractivity contribution in [3.05, 3.63) is 60.2 Å². The molecule has 0 saturated carbocycles. The summed E-state index contributed by atoms with van der Waals surface area (Å²) in [6, 6.07) is 11.9. The van der Waals surface area contributed by atoms with Crippen molar-refractivity contribution in [1.29, 1.82) is 0 Å². The second kappa shape index (κ2) is 6.14.